The van der Waals surface area contributed by atoms with E-state index in [4.69, 9.17) is 9.47 Å². The molecule has 2 rings (SSSR count). The number of nitrogens with one attached hydrogen (secondary N) is 2. The molecule has 0 bridgehead atoms. The van der Waals surface area contributed by atoms with E-state index < -0.39 is 5.91 Å². The zero-order valence-corrected chi connectivity index (χ0v) is 15.5. The fraction of sp³-hybridized carbons (Fsp3) is 0.389. The molecule has 0 fully saturated rings. The molecule has 26 heavy (non-hydrogen) atoms. The molecule has 0 spiro atoms. The normalized spacial score (nSPS) is 10.3. The maximum absolute atomic E-state index is 12.0. The van der Waals surface area contributed by atoms with Crippen LogP contribution in [-0.4, -0.2) is 41.4 Å². The van der Waals surface area contributed by atoms with Crippen LogP contribution < -0.4 is 20.1 Å². The number of amides is 2. The average molecular weight is 360 g/mol. The summed E-state index contributed by atoms with van der Waals surface area (Å²) in [5.74, 6) is 0.331. The van der Waals surface area contributed by atoms with Gasteiger partial charge in [0.15, 0.2) is 18.1 Å². The van der Waals surface area contributed by atoms with Gasteiger partial charge in [0.25, 0.3) is 5.91 Å². The Morgan fingerprint density at radius 2 is 1.77 bits per heavy atom. The van der Waals surface area contributed by atoms with E-state index in [1.807, 2.05) is 26.8 Å². The fourth-order valence-electron chi connectivity index (χ4n) is 2.36. The number of hydrogen-bond acceptors (Lipinski definition) is 5. The molecule has 0 aliphatic carbocycles. The number of carbonyl (C=O) groups is 2. The zero-order valence-electron chi connectivity index (χ0n) is 15.5. The van der Waals surface area contributed by atoms with E-state index in [0.29, 0.717) is 23.8 Å². The minimum atomic E-state index is -0.397. The van der Waals surface area contributed by atoms with Gasteiger partial charge in [-0.3, -0.25) is 14.3 Å². The Bertz CT molecular complexity index is 785. The summed E-state index contributed by atoms with van der Waals surface area (Å²) in [6.45, 7) is 5.68. The lowest BCUT2D eigenvalue weighted by Gasteiger charge is -2.11. The van der Waals surface area contributed by atoms with E-state index in [1.165, 1.54) is 0 Å². The minimum Gasteiger partial charge on any atom is -0.490 e. The predicted octanol–water partition coefficient (Wildman–Crippen LogP) is 1.57. The molecule has 2 N–H and O–H groups in total. The smallest absolute Gasteiger partial charge is 0.258 e. The van der Waals surface area contributed by atoms with Crippen LogP contribution in [0.15, 0.2) is 24.3 Å². The van der Waals surface area contributed by atoms with Crippen molar-refractivity contribution in [2.24, 2.45) is 7.05 Å². The summed E-state index contributed by atoms with van der Waals surface area (Å²) in [5.41, 5.74) is 2.23. The summed E-state index contributed by atoms with van der Waals surface area (Å²) in [6, 6.07) is 7.11. The van der Waals surface area contributed by atoms with Crippen LogP contribution in [-0.2, 0) is 16.6 Å². The molecule has 8 heteroatoms. The van der Waals surface area contributed by atoms with Crippen molar-refractivity contribution < 1.29 is 19.1 Å². The van der Waals surface area contributed by atoms with Crippen LogP contribution in [0.1, 0.15) is 18.3 Å². The van der Waals surface area contributed by atoms with Crippen LogP contribution in [0.3, 0.4) is 0 Å². The summed E-state index contributed by atoms with van der Waals surface area (Å²) < 4.78 is 12.6. The van der Waals surface area contributed by atoms with Gasteiger partial charge < -0.3 is 20.1 Å². The van der Waals surface area contributed by atoms with E-state index in [0.717, 1.165) is 11.4 Å². The Hall–Kier alpha value is -3.03. The van der Waals surface area contributed by atoms with Crippen molar-refractivity contribution in [3.63, 3.8) is 0 Å². The first-order valence-corrected chi connectivity index (χ1v) is 8.33. The molecule has 2 aromatic rings. The number of ether oxygens (including phenoxy) is 2. The quantitative estimate of drug-likeness (QED) is 0.745. The van der Waals surface area contributed by atoms with E-state index in [2.05, 4.69) is 15.7 Å². The number of para-hydroxylation sites is 2. The molecule has 8 nitrogen and oxygen atoms in total. The third-order valence-electron chi connectivity index (χ3n) is 3.73. The molecule has 1 aromatic heterocycles. The molecular weight excluding hydrogens is 336 g/mol. The maximum atomic E-state index is 12.0. The number of aromatic nitrogens is 2. The first kappa shape index (κ1) is 19.3. The van der Waals surface area contributed by atoms with Crippen molar-refractivity contribution in [2.75, 3.05) is 25.1 Å². The lowest BCUT2D eigenvalue weighted by Crippen LogP contribution is -2.36. The number of benzene rings is 1. The topological polar surface area (TPSA) is 94.5 Å². The fourth-order valence-corrected chi connectivity index (χ4v) is 2.36. The highest BCUT2D eigenvalue weighted by Crippen LogP contribution is 2.26. The maximum Gasteiger partial charge on any atom is 0.258 e. The van der Waals surface area contributed by atoms with Gasteiger partial charge >= 0.3 is 0 Å². The molecular formula is C18H24N4O4. The molecule has 140 valence electrons. The van der Waals surface area contributed by atoms with Crippen LogP contribution in [0, 0.1) is 13.8 Å². The highest BCUT2D eigenvalue weighted by Gasteiger charge is 2.13. The predicted molar refractivity (Wildman–Crippen MR) is 97.4 cm³/mol. The Morgan fingerprint density at radius 1 is 1.12 bits per heavy atom. The molecule has 0 aliphatic heterocycles. The minimum absolute atomic E-state index is 0.150. The molecule has 0 saturated heterocycles. The van der Waals surface area contributed by atoms with Gasteiger partial charge in [0.1, 0.15) is 0 Å². The van der Waals surface area contributed by atoms with E-state index in [-0.39, 0.29) is 19.1 Å². The van der Waals surface area contributed by atoms with Crippen molar-refractivity contribution in [3.05, 3.63) is 35.7 Å². The van der Waals surface area contributed by atoms with Crippen molar-refractivity contribution in [3.8, 4) is 11.5 Å². The van der Waals surface area contributed by atoms with E-state index in [9.17, 15) is 9.59 Å². The Kier molecular flexibility index (Phi) is 6.60. The van der Waals surface area contributed by atoms with Crippen LogP contribution in [0.2, 0.25) is 0 Å². The van der Waals surface area contributed by atoms with Gasteiger partial charge in [0, 0.05) is 7.05 Å². The molecule has 0 aliphatic rings. The number of anilines is 1. The summed E-state index contributed by atoms with van der Waals surface area (Å²) >= 11 is 0. The second kappa shape index (κ2) is 8.89. The second-order valence-electron chi connectivity index (χ2n) is 5.66. The molecule has 0 atom stereocenters. The average Bonchev–Trinajstić information content (AvgIpc) is 2.85. The molecule has 1 aromatic carbocycles. The number of nitrogens with zero attached hydrogens (tertiary/aromatic N) is 2. The highest BCUT2D eigenvalue weighted by atomic mass is 16.5. The SMILES string of the molecule is CCOc1ccccc1OCC(=O)NCC(=O)Nc1c(C)nn(C)c1C. The summed E-state index contributed by atoms with van der Waals surface area (Å²) in [7, 11) is 1.80. The van der Waals surface area contributed by atoms with Crippen molar-refractivity contribution >= 4 is 17.5 Å². The molecule has 0 radical (unpaired) electrons. The highest BCUT2D eigenvalue weighted by molar-refractivity contribution is 5.95. The van der Waals surface area contributed by atoms with Gasteiger partial charge in [0.05, 0.1) is 30.2 Å². The largest absolute Gasteiger partial charge is 0.490 e. The Morgan fingerprint density at radius 3 is 2.35 bits per heavy atom. The van der Waals surface area contributed by atoms with Gasteiger partial charge in [-0.15, -0.1) is 0 Å². The number of carbonyl (C=O) groups excluding carboxylic acids is 2. The van der Waals surface area contributed by atoms with Crippen molar-refractivity contribution in [1.29, 1.82) is 0 Å². The summed E-state index contributed by atoms with van der Waals surface area (Å²) in [6.07, 6.45) is 0. The Labute approximate surface area is 152 Å². The number of hydrogen-bond donors (Lipinski definition) is 2. The van der Waals surface area contributed by atoms with Crippen LogP contribution in [0.4, 0.5) is 5.69 Å². The van der Waals surface area contributed by atoms with Gasteiger partial charge in [-0.25, -0.2) is 0 Å². The Balaban J connectivity index is 1.81. The van der Waals surface area contributed by atoms with Gasteiger partial charge in [-0.2, -0.15) is 5.10 Å². The first-order chi connectivity index (χ1) is 12.4. The van der Waals surface area contributed by atoms with Gasteiger partial charge in [-0.1, -0.05) is 12.1 Å². The molecule has 0 unspecified atom stereocenters. The van der Waals surface area contributed by atoms with Crippen LogP contribution >= 0.6 is 0 Å². The van der Waals surface area contributed by atoms with Crippen LogP contribution in [0.25, 0.3) is 0 Å². The molecule has 0 saturated carbocycles. The second-order valence-corrected chi connectivity index (χ2v) is 5.66. The molecule has 2 amide bonds. The summed E-state index contributed by atoms with van der Waals surface area (Å²) in [4.78, 5) is 23.9. The van der Waals surface area contributed by atoms with Crippen molar-refractivity contribution in [1.82, 2.24) is 15.1 Å². The third-order valence-corrected chi connectivity index (χ3v) is 3.73. The van der Waals surface area contributed by atoms with Crippen molar-refractivity contribution in [2.45, 2.75) is 20.8 Å². The summed E-state index contributed by atoms with van der Waals surface area (Å²) in [5, 5.41) is 9.51. The van der Waals surface area contributed by atoms with Gasteiger partial charge in [-0.05, 0) is 32.9 Å². The standard InChI is InChI=1S/C18H24N4O4/c1-5-25-14-8-6-7-9-15(14)26-11-17(24)19-10-16(23)20-18-12(2)21-22(4)13(18)3/h6-9H,5,10-11H2,1-4H3,(H,19,24)(H,20,23). The third kappa shape index (κ3) is 4.98. The lowest BCUT2D eigenvalue weighted by molar-refractivity contribution is -0.125. The zero-order chi connectivity index (χ0) is 19.1. The number of rotatable bonds is 8. The van der Waals surface area contributed by atoms with Crippen LogP contribution in [0.5, 0.6) is 11.5 Å². The van der Waals surface area contributed by atoms with E-state index in [1.54, 1.807) is 29.9 Å². The van der Waals surface area contributed by atoms with E-state index >= 15 is 0 Å². The number of aryl methyl sites for hydroxylation is 2. The van der Waals surface area contributed by atoms with Gasteiger partial charge in [0.2, 0.25) is 5.91 Å². The lowest BCUT2D eigenvalue weighted by atomic mass is 10.3. The first-order valence-electron chi connectivity index (χ1n) is 8.33. The monoisotopic (exact) mass is 360 g/mol. The molecule has 1 heterocycles.